The van der Waals surface area contributed by atoms with E-state index in [4.69, 9.17) is 0 Å². The van der Waals surface area contributed by atoms with Gasteiger partial charge in [-0.15, -0.1) is 0 Å². The number of amides is 1. The van der Waals surface area contributed by atoms with Gasteiger partial charge in [0.2, 0.25) is 0 Å². The maximum atomic E-state index is 11.8. The minimum absolute atomic E-state index is 0.0161. The fraction of sp³-hybridized carbons (Fsp3) is 0.462. The first kappa shape index (κ1) is 13.5. The van der Waals surface area contributed by atoms with Crippen LogP contribution >= 0.6 is 0 Å². The van der Waals surface area contributed by atoms with Crippen LogP contribution in [0.2, 0.25) is 0 Å². The molecule has 94 valence electrons. The summed E-state index contributed by atoms with van der Waals surface area (Å²) in [5, 5.41) is 5.98. The third kappa shape index (κ3) is 4.07. The van der Waals surface area contributed by atoms with Gasteiger partial charge in [-0.25, -0.2) is 0 Å². The lowest BCUT2D eigenvalue weighted by Gasteiger charge is -2.11. The average molecular weight is 235 g/mol. The summed E-state index contributed by atoms with van der Waals surface area (Å²) < 4.78 is 0. The number of likely N-dealkylation sites (N-methyl/N-ethyl adjacent to an activating group) is 1. The number of hydrogen-bond donors (Lipinski definition) is 2. The molecule has 4 nitrogen and oxygen atoms in total. The highest BCUT2D eigenvalue weighted by atomic mass is 16.1. The highest BCUT2D eigenvalue weighted by Crippen LogP contribution is 2.15. The van der Waals surface area contributed by atoms with Crippen molar-refractivity contribution >= 4 is 11.6 Å². The van der Waals surface area contributed by atoms with E-state index in [0.717, 1.165) is 17.8 Å². The normalized spacial score (nSPS) is 10.4. The summed E-state index contributed by atoms with van der Waals surface area (Å²) >= 11 is 0. The number of nitrogens with zero attached hydrogens (tertiary/aromatic N) is 1. The summed E-state index contributed by atoms with van der Waals surface area (Å²) in [6.07, 6.45) is 0. The minimum atomic E-state index is -0.0161. The zero-order valence-electron chi connectivity index (χ0n) is 11.0. The van der Waals surface area contributed by atoms with Crippen molar-refractivity contribution in [1.29, 1.82) is 0 Å². The lowest BCUT2D eigenvalue weighted by atomic mass is 10.1. The number of benzene rings is 1. The lowest BCUT2D eigenvalue weighted by molar-refractivity contribution is 0.0951. The number of carbonyl (C=O) groups is 1. The second-order valence-electron chi connectivity index (χ2n) is 4.34. The number of anilines is 1. The van der Waals surface area contributed by atoms with Crippen LogP contribution in [-0.4, -0.2) is 45.0 Å². The van der Waals surface area contributed by atoms with Crippen LogP contribution in [0, 0.1) is 6.92 Å². The van der Waals surface area contributed by atoms with Gasteiger partial charge in [0.05, 0.1) is 0 Å². The van der Waals surface area contributed by atoms with Crippen LogP contribution < -0.4 is 10.6 Å². The molecule has 0 aliphatic rings. The molecule has 0 spiro atoms. The minimum Gasteiger partial charge on any atom is -0.388 e. The van der Waals surface area contributed by atoms with E-state index >= 15 is 0 Å². The van der Waals surface area contributed by atoms with Crippen LogP contribution in [0.1, 0.15) is 15.9 Å². The molecule has 0 radical (unpaired) electrons. The van der Waals surface area contributed by atoms with Gasteiger partial charge in [-0.05, 0) is 44.8 Å². The molecule has 0 saturated carbocycles. The van der Waals surface area contributed by atoms with Crippen LogP contribution in [0.25, 0.3) is 0 Å². The Balaban J connectivity index is 2.60. The Bertz CT molecular complexity index is 388. The Kier molecular flexibility index (Phi) is 4.97. The predicted octanol–water partition coefficient (Wildman–Crippen LogP) is 1.33. The Morgan fingerprint density at radius 1 is 1.35 bits per heavy atom. The molecular weight excluding hydrogens is 214 g/mol. The summed E-state index contributed by atoms with van der Waals surface area (Å²) in [6, 6.07) is 5.66. The molecule has 0 heterocycles. The average Bonchev–Trinajstić information content (AvgIpc) is 2.28. The number of hydrogen-bond acceptors (Lipinski definition) is 3. The number of nitrogens with one attached hydrogen (secondary N) is 2. The van der Waals surface area contributed by atoms with E-state index in [1.807, 2.05) is 51.2 Å². The lowest BCUT2D eigenvalue weighted by Crippen LogP contribution is -2.31. The van der Waals surface area contributed by atoms with Crippen LogP contribution in [-0.2, 0) is 0 Å². The maximum absolute atomic E-state index is 11.8. The second kappa shape index (κ2) is 6.25. The largest absolute Gasteiger partial charge is 0.388 e. The Morgan fingerprint density at radius 2 is 2.06 bits per heavy atom. The third-order valence-corrected chi connectivity index (χ3v) is 2.60. The van der Waals surface area contributed by atoms with Crippen molar-refractivity contribution in [3.8, 4) is 0 Å². The van der Waals surface area contributed by atoms with E-state index in [2.05, 4.69) is 10.6 Å². The fourth-order valence-electron chi connectivity index (χ4n) is 1.58. The summed E-state index contributed by atoms with van der Waals surface area (Å²) in [7, 11) is 5.84. The van der Waals surface area contributed by atoms with E-state index in [0.29, 0.717) is 12.1 Å². The maximum Gasteiger partial charge on any atom is 0.251 e. The second-order valence-corrected chi connectivity index (χ2v) is 4.34. The molecule has 0 unspecified atom stereocenters. The van der Waals surface area contributed by atoms with E-state index in [1.165, 1.54) is 0 Å². The van der Waals surface area contributed by atoms with E-state index in [9.17, 15) is 4.79 Å². The molecule has 0 saturated heterocycles. The predicted molar refractivity (Wildman–Crippen MR) is 71.6 cm³/mol. The van der Waals surface area contributed by atoms with Gasteiger partial charge in [-0.2, -0.15) is 0 Å². The summed E-state index contributed by atoms with van der Waals surface area (Å²) in [5.74, 6) is -0.0161. The summed E-state index contributed by atoms with van der Waals surface area (Å²) in [4.78, 5) is 13.9. The molecule has 1 rings (SSSR count). The smallest absolute Gasteiger partial charge is 0.251 e. The first-order valence-electron chi connectivity index (χ1n) is 5.76. The molecular formula is C13H21N3O. The molecule has 1 aromatic carbocycles. The van der Waals surface area contributed by atoms with Crippen LogP contribution in [0.5, 0.6) is 0 Å². The topological polar surface area (TPSA) is 44.4 Å². The van der Waals surface area contributed by atoms with Gasteiger partial charge < -0.3 is 15.5 Å². The molecule has 0 bridgehead atoms. The summed E-state index contributed by atoms with van der Waals surface area (Å²) in [5.41, 5.74) is 2.84. The highest BCUT2D eigenvalue weighted by molar-refractivity contribution is 5.94. The van der Waals surface area contributed by atoms with Crippen LogP contribution in [0.3, 0.4) is 0 Å². The van der Waals surface area contributed by atoms with E-state index in [-0.39, 0.29) is 5.91 Å². The van der Waals surface area contributed by atoms with Crippen LogP contribution in [0.15, 0.2) is 18.2 Å². The van der Waals surface area contributed by atoms with Crippen molar-refractivity contribution in [3.05, 3.63) is 29.3 Å². The molecule has 0 aliphatic carbocycles. The first-order chi connectivity index (χ1) is 8.04. The Morgan fingerprint density at radius 3 is 2.59 bits per heavy atom. The van der Waals surface area contributed by atoms with Gasteiger partial charge in [0, 0.05) is 31.4 Å². The van der Waals surface area contributed by atoms with Crippen molar-refractivity contribution < 1.29 is 4.79 Å². The zero-order valence-corrected chi connectivity index (χ0v) is 11.0. The van der Waals surface area contributed by atoms with E-state index in [1.54, 1.807) is 0 Å². The fourth-order valence-corrected chi connectivity index (χ4v) is 1.58. The van der Waals surface area contributed by atoms with Gasteiger partial charge in [0.15, 0.2) is 0 Å². The van der Waals surface area contributed by atoms with Gasteiger partial charge in [0.1, 0.15) is 0 Å². The number of carbonyl (C=O) groups excluding carboxylic acids is 1. The number of aryl methyl sites for hydroxylation is 1. The first-order valence-corrected chi connectivity index (χ1v) is 5.76. The molecule has 1 aromatic rings. The SMILES string of the molecule is CNc1ccc(C(=O)NCCN(C)C)cc1C. The third-order valence-electron chi connectivity index (χ3n) is 2.60. The molecule has 1 amide bonds. The van der Waals surface area contributed by atoms with Crippen molar-refractivity contribution in [2.45, 2.75) is 6.92 Å². The van der Waals surface area contributed by atoms with Gasteiger partial charge in [-0.3, -0.25) is 4.79 Å². The monoisotopic (exact) mass is 235 g/mol. The molecule has 17 heavy (non-hydrogen) atoms. The standard InChI is InChI=1S/C13H21N3O/c1-10-9-11(5-6-12(10)14-2)13(17)15-7-8-16(3)4/h5-6,9,14H,7-8H2,1-4H3,(H,15,17). The Labute approximate surface area is 103 Å². The molecule has 2 N–H and O–H groups in total. The van der Waals surface area contributed by atoms with Crippen molar-refractivity contribution in [2.75, 3.05) is 39.5 Å². The van der Waals surface area contributed by atoms with Crippen molar-refractivity contribution in [1.82, 2.24) is 10.2 Å². The van der Waals surface area contributed by atoms with Gasteiger partial charge >= 0.3 is 0 Å². The van der Waals surface area contributed by atoms with E-state index < -0.39 is 0 Å². The van der Waals surface area contributed by atoms with Gasteiger partial charge in [-0.1, -0.05) is 0 Å². The molecule has 4 heteroatoms. The van der Waals surface area contributed by atoms with Crippen LogP contribution in [0.4, 0.5) is 5.69 Å². The number of rotatable bonds is 5. The van der Waals surface area contributed by atoms with Gasteiger partial charge in [0.25, 0.3) is 5.91 Å². The molecule has 0 fully saturated rings. The molecule has 0 aromatic heterocycles. The quantitative estimate of drug-likeness (QED) is 0.809. The highest BCUT2D eigenvalue weighted by Gasteiger charge is 2.06. The van der Waals surface area contributed by atoms with Crippen molar-refractivity contribution in [2.24, 2.45) is 0 Å². The molecule has 0 atom stereocenters. The molecule has 0 aliphatic heterocycles. The summed E-state index contributed by atoms with van der Waals surface area (Å²) in [6.45, 7) is 3.50. The van der Waals surface area contributed by atoms with Crippen molar-refractivity contribution in [3.63, 3.8) is 0 Å². The zero-order chi connectivity index (χ0) is 12.8. The Hall–Kier alpha value is -1.55.